The lowest BCUT2D eigenvalue weighted by Crippen LogP contribution is -2.54. The van der Waals surface area contributed by atoms with Gasteiger partial charge in [0.2, 0.25) is 5.28 Å². The molecule has 0 aliphatic carbocycles. The van der Waals surface area contributed by atoms with E-state index < -0.39 is 72.2 Å². The zero-order valence-electron chi connectivity index (χ0n) is 30.1. The number of nitrogens with zero attached hydrogens (tertiary/aromatic N) is 4. The second-order valence-corrected chi connectivity index (χ2v) is 13.9. The topological polar surface area (TPSA) is 189 Å². The number of rotatable bonds is 12. The van der Waals surface area contributed by atoms with Crippen LogP contribution in [0.1, 0.15) is 67.2 Å². The molecule has 284 valence electrons. The average Bonchev–Trinajstić information content (AvgIpc) is 3.58. The maximum atomic E-state index is 16.6. The highest BCUT2D eigenvalue weighted by atomic mass is 35.5. The van der Waals surface area contributed by atoms with E-state index in [2.05, 4.69) is 20.3 Å². The standard InChI is InChI=1S/C34H43ClFN5O11/c1-9-46-27(42)34(28(43)47-10-2,16-19-14-12-11-13-15-19)48-17-20-23(50-31(45)52-33(6,7)8)21(36)26(49-20)41-18-37-22-24(38-29(35)40-25(22)41)39-30(44)51-32(3,4)5/h11-15,18,20-21,23,26H,9-10,16-17H2,1-8H3,(H,38,39,40,44)/t20-,21+,23-,26-/m1/s1. The lowest BCUT2D eigenvalue weighted by atomic mass is 9.93. The van der Waals surface area contributed by atoms with Gasteiger partial charge in [-0.2, -0.15) is 9.97 Å². The number of esters is 2. The number of benzene rings is 1. The van der Waals surface area contributed by atoms with Crippen molar-refractivity contribution in [2.45, 2.75) is 103 Å². The number of hydrogen-bond donors (Lipinski definition) is 1. The molecule has 0 radical (unpaired) electrons. The van der Waals surface area contributed by atoms with Crippen molar-refractivity contribution in [2.24, 2.45) is 0 Å². The maximum Gasteiger partial charge on any atom is 0.509 e. The van der Waals surface area contributed by atoms with Crippen LogP contribution < -0.4 is 5.32 Å². The van der Waals surface area contributed by atoms with Crippen LogP contribution in [0.2, 0.25) is 5.28 Å². The van der Waals surface area contributed by atoms with Crippen LogP contribution in [0, 0.1) is 0 Å². The van der Waals surface area contributed by atoms with Crippen LogP contribution in [-0.4, -0.2) is 98.7 Å². The third-order valence-electron chi connectivity index (χ3n) is 7.18. The summed E-state index contributed by atoms with van der Waals surface area (Å²) < 4.78 is 56.5. The molecule has 0 bridgehead atoms. The molecule has 1 aromatic carbocycles. The van der Waals surface area contributed by atoms with Crippen molar-refractivity contribution < 1.29 is 56.7 Å². The van der Waals surface area contributed by atoms with Crippen molar-refractivity contribution in [3.63, 3.8) is 0 Å². The first-order valence-electron chi connectivity index (χ1n) is 16.5. The Morgan fingerprint density at radius 3 is 2.13 bits per heavy atom. The molecule has 1 aliphatic rings. The normalized spacial score (nSPS) is 19.2. The number of fused-ring (bicyclic) bond motifs is 1. The van der Waals surface area contributed by atoms with E-state index in [1.807, 2.05) is 0 Å². The number of alkyl halides is 1. The summed E-state index contributed by atoms with van der Waals surface area (Å²) in [5, 5.41) is 2.13. The Morgan fingerprint density at radius 2 is 1.56 bits per heavy atom. The molecular weight excluding hydrogens is 709 g/mol. The van der Waals surface area contributed by atoms with Crippen molar-refractivity contribution in [1.29, 1.82) is 0 Å². The lowest BCUT2D eigenvalue weighted by molar-refractivity contribution is -0.197. The van der Waals surface area contributed by atoms with Crippen molar-refractivity contribution in [1.82, 2.24) is 19.5 Å². The Morgan fingerprint density at radius 1 is 0.942 bits per heavy atom. The second-order valence-electron chi connectivity index (χ2n) is 13.6. The van der Waals surface area contributed by atoms with E-state index in [-0.39, 0.29) is 41.9 Å². The highest BCUT2D eigenvalue weighted by molar-refractivity contribution is 6.28. The van der Waals surface area contributed by atoms with E-state index >= 15 is 4.39 Å². The number of ether oxygens (including phenoxy) is 7. The highest BCUT2D eigenvalue weighted by Crippen LogP contribution is 2.38. The molecule has 4 rings (SSSR count). The summed E-state index contributed by atoms with van der Waals surface area (Å²) in [4.78, 5) is 64.9. The summed E-state index contributed by atoms with van der Waals surface area (Å²) in [6.07, 6.45) is -8.13. The Hall–Kier alpha value is -4.61. The monoisotopic (exact) mass is 751 g/mol. The van der Waals surface area contributed by atoms with Crippen LogP contribution in [0.3, 0.4) is 0 Å². The number of hydrogen-bond acceptors (Lipinski definition) is 14. The van der Waals surface area contributed by atoms with Crippen molar-refractivity contribution in [3.8, 4) is 0 Å². The molecule has 1 aliphatic heterocycles. The molecule has 52 heavy (non-hydrogen) atoms. The summed E-state index contributed by atoms with van der Waals surface area (Å²) in [7, 11) is 0. The highest BCUT2D eigenvalue weighted by Gasteiger charge is 2.55. The Kier molecular flexibility index (Phi) is 12.7. The molecule has 3 heterocycles. The smallest absolute Gasteiger partial charge is 0.463 e. The minimum absolute atomic E-state index is 0.00173. The molecule has 0 spiro atoms. The van der Waals surface area contributed by atoms with Crippen LogP contribution in [0.25, 0.3) is 11.2 Å². The summed E-state index contributed by atoms with van der Waals surface area (Å²) in [6.45, 7) is 12.0. The first-order chi connectivity index (χ1) is 24.4. The number of nitrogens with one attached hydrogen (secondary N) is 1. The lowest BCUT2D eigenvalue weighted by Gasteiger charge is -2.31. The fourth-order valence-electron chi connectivity index (χ4n) is 5.14. The number of anilines is 1. The number of carbonyl (C=O) groups excluding carboxylic acids is 4. The van der Waals surface area contributed by atoms with Gasteiger partial charge in [-0.3, -0.25) is 9.88 Å². The van der Waals surface area contributed by atoms with Gasteiger partial charge in [-0.05, 0) is 72.6 Å². The van der Waals surface area contributed by atoms with E-state index in [0.29, 0.717) is 5.56 Å². The maximum absolute atomic E-state index is 16.6. The summed E-state index contributed by atoms with van der Waals surface area (Å²) in [5.74, 6) is -2.23. The molecule has 1 N–H and O–H groups in total. The predicted octanol–water partition coefficient (Wildman–Crippen LogP) is 5.51. The van der Waals surface area contributed by atoms with Gasteiger partial charge in [0.15, 0.2) is 35.5 Å². The fraction of sp³-hybridized carbons (Fsp3) is 0.559. The summed E-state index contributed by atoms with van der Waals surface area (Å²) in [5.41, 5.74) is -3.73. The molecule has 0 unspecified atom stereocenters. The van der Waals surface area contributed by atoms with Gasteiger partial charge < -0.3 is 33.2 Å². The number of aromatic nitrogens is 4. The largest absolute Gasteiger partial charge is 0.509 e. The molecule has 3 aromatic rings. The Labute approximate surface area is 304 Å². The zero-order chi connectivity index (χ0) is 38.4. The molecular formula is C34H43ClFN5O11. The zero-order valence-corrected chi connectivity index (χ0v) is 30.9. The molecule has 4 atom stereocenters. The second kappa shape index (κ2) is 16.4. The Balaban J connectivity index is 1.73. The third kappa shape index (κ3) is 9.83. The van der Waals surface area contributed by atoms with Crippen LogP contribution in [0.4, 0.5) is 19.8 Å². The van der Waals surface area contributed by atoms with Gasteiger partial charge in [0.05, 0.1) is 26.1 Å². The van der Waals surface area contributed by atoms with Gasteiger partial charge in [0.1, 0.15) is 17.3 Å². The van der Waals surface area contributed by atoms with Crippen molar-refractivity contribution in [3.05, 3.63) is 47.5 Å². The molecule has 16 nitrogen and oxygen atoms in total. The quantitative estimate of drug-likeness (QED) is 0.106. The van der Waals surface area contributed by atoms with Crippen molar-refractivity contribution >= 4 is 52.8 Å². The van der Waals surface area contributed by atoms with Crippen LogP contribution in [0.15, 0.2) is 36.7 Å². The minimum atomic E-state index is -2.36. The van der Waals surface area contributed by atoms with Crippen LogP contribution in [0.5, 0.6) is 0 Å². The van der Waals surface area contributed by atoms with E-state index in [0.717, 1.165) is 10.9 Å². The SMILES string of the molecule is CCOC(=O)C(Cc1ccccc1)(OC[C@H]1O[C@@H](n2cnc3c(NC(=O)OC(C)(C)C)nc(Cl)nc32)[C@@H](F)[C@@H]1OC(=O)OC(C)(C)C)C(=O)OCC. The molecule has 2 aromatic heterocycles. The first-order valence-corrected chi connectivity index (χ1v) is 16.9. The van der Waals surface area contributed by atoms with Crippen molar-refractivity contribution in [2.75, 3.05) is 25.1 Å². The number of imidazole rings is 1. The van der Waals surface area contributed by atoms with E-state index in [1.54, 1.807) is 85.7 Å². The van der Waals surface area contributed by atoms with E-state index in [1.165, 1.54) is 0 Å². The average molecular weight is 752 g/mol. The predicted molar refractivity (Wildman–Crippen MR) is 182 cm³/mol. The number of amides is 1. The number of carbonyl (C=O) groups is 4. The van der Waals surface area contributed by atoms with Crippen LogP contribution in [-0.2, 0) is 49.2 Å². The molecule has 18 heteroatoms. The van der Waals surface area contributed by atoms with Gasteiger partial charge >= 0.3 is 24.2 Å². The Bertz CT molecular complexity index is 1730. The van der Waals surface area contributed by atoms with E-state index in [9.17, 15) is 19.2 Å². The van der Waals surface area contributed by atoms with Crippen LogP contribution >= 0.6 is 11.6 Å². The molecule has 1 amide bonds. The first kappa shape index (κ1) is 40.2. The summed E-state index contributed by atoms with van der Waals surface area (Å²) >= 11 is 6.19. The van der Waals surface area contributed by atoms with Gasteiger partial charge in [-0.25, -0.2) is 28.6 Å². The van der Waals surface area contributed by atoms with Gasteiger partial charge in [-0.15, -0.1) is 0 Å². The fourth-order valence-corrected chi connectivity index (χ4v) is 5.31. The number of halogens is 2. The molecule has 1 saturated heterocycles. The van der Waals surface area contributed by atoms with E-state index in [4.69, 9.17) is 44.8 Å². The molecule has 1 fully saturated rings. The van der Waals surface area contributed by atoms with Gasteiger partial charge in [-0.1, -0.05) is 30.3 Å². The van der Waals surface area contributed by atoms with Gasteiger partial charge in [0.25, 0.3) is 5.60 Å². The molecule has 0 saturated carbocycles. The minimum Gasteiger partial charge on any atom is -0.463 e. The van der Waals surface area contributed by atoms with Gasteiger partial charge in [0, 0.05) is 6.42 Å². The summed E-state index contributed by atoms with van der Waals surface area (Å²) in [6, 6.07) is 8.52. The third-order valence-corrected chi connectivity index (χ3v) is 7.35.